The monoisotopic (exact) mass is 373 g/mol. The van der Waals surface area contributed by atoms with Gasteiger partial charge in [0.15, 0.2) is 0 Å². The molecule has 0 aliphatic carbocycles. The average molecular weight is 374 g/mol. The molecule has 1 amide bonds. The summed E-state index contributed by atoms with van der Waals surface area (Å²) in [5, 5.41) is 1.14. The molecule has 1 aromatic heterocycles. The third-order valence-corrected chi connectivity index (χ3v) is 4.93. The topological polar surface area (TPSA) is 68.9 Å². The first-order valence-electron chi connectivity index (χ1n) is 6.56. The maximum Gasteiger partial charge on any atom is 0.235 e. The number of amides is 1. The molecule has 0 radical (unpaired) electrons. The van der Waals surface area contributed by atoms with Gasteiger partial charge in [-0.3, -0.25) is 4.79 Å². The summed E-state index contributed by atoms with van der Waals surface area (Å²) >= 11 is 4.79. The van der Waals surface area contributed by atoms with Crippen LogP contribution in [0.25, 0.3) is 10.9 Å². The molecule has 2 aromatic carbocycles. The molecule has 1 heterocycles. The van der Waals surface area contributed by atoms with Crippen LogP contribution in [0.15, 0.2) is 64.4 Å². The number of thioether (sulfide) groups is 1. The number of benzene rings is 2. The zero-order valence-electron chi connectivity index (χ0n) is 11.4. The van der Waals surface area contributed by atoms with Crippen LogP contribution < -0.4 is 5.73 Å². The molecule has 0 unspecified atom stereocenters. The highest BCUT2D eigenvalue weighted by Crippen LogP contribution is 2.37. The molecule has 0 saturated heterocycles. The minimum Gasteiger partial charge on any atom is -0.368 e. The van der Waals surface area contributed by atoms with Crippen molar-refractivity contribution in [3.8, 4) is 0 Å². The van der Waals surface area contributed by atoms with Gasteiger partial charge in [-0.1, -0.05) is 58.0 Å². The molecular weight excluding hydrogens is 362 g/mol. The lowest BCUT2D eigenvalue weighted by Crippen LogP contribution is -2.19. The number of nitrogens with zero attached hydrogens (tertiary/aromatic N) is 2. The van der Waals surface area contributed by atoms with Crippen molar-refractivity contribution in [2.24, 2.45) is 5.73 Å². The molecular formula is C16H12BrN3OS. The SMILES string of the molecule is NC(=O)[C@H](Sc1ncnc2ccc(Br)cc12)c1ccccc1. The number of carbonyl (C=O) groups is 1. The molecule has 22 heavy (non-hydrogen) atoms. The van der Waals surface area contributed by atoms with E-state index in [1.165, 1.54) is 18.1 Å². The van der Waals surface area contributed by atoms with Crippen molar-refractivity contribution in [3.05, 3.63) is 64.9 Å². The number of carbonyl (C=O) groups excluding carboxylic acids is 1. The van der Waals surface area contributed by atoms with Gasteiger partial charge in [0.05, 0.1) is 5.52 Å². The van der Waals surface area contributed by atoms with E-state index in [2.05, 4.69) is 25.9 Å². The lowest BCUT2D eigenvalue weighted by Gasteiger charge is -2.14. The minimum atomic E-state index is -0.488. The third kappa shape index (κ3) is 3.13. The molecule has 3 aromatic rings. The fourth-order valence-electron chi connectivity index (χ4n) is 2.13. The van der Waals surface area contributed by atoms with Crippen molar-refractivity contribution in [1.29, 1.82) is 0 Å². The molecule has 4 nitrogen and oxygen atoms in total. The number of nitrogens with two attached hydrogens (primary N) is 1. The van der Waals surface area contributed by atoms with Crippen molar-refractivity contribution in [1.82, 2.24) is 9.97 Å². The fourth-order valence-corrected chi connectivity index (χ4v) is 3.52. The van der Waals surface area contributed by atoms with Gasteiger partial charge in [-0.25, -0.2) is 9.97 Å². The van der Waals surface area contributed by atoms with E-state index in [0.717, 1.165) is 26.0 Å². The van der Waals surface area contributed by atoms with Crippen LogP contribution in [0.3, 0.4) is 0 Å². The summed E-state index contributed by atoms with van der Waals surface area (Å²) in [6.45, 7) is 0. The highest BCUT2D eigenvalue weighted by molar-refractivity contribution is 9.10. The maximum atomic E-state index is 11.9. The van der Waals surface area contributed by atoms with Crippen LogP contribution in [0.5, 0.6) is 0 Å². The molecule has 0 aliphatic heterocycles. The van der Waals surface area contributed by atoms with Gasteiger partial charge in [0.25, 0.3) is 0 Å². The number of fused-ring (bicyclic) bond motifs is 1. The number of hydrogen-bond acceptors (Lipinski definition) is 4. The van der Waals surface area contributed by atoms with Crippen molar-refractivity contribution in [3.63, 3.8) is 0 Å². The van der Waals surface area contributed by atoms with Crippen molar-refractivity contribution in [2.45, 2.75) is 10.3 Å². The quantitative estimate of drug-likeness (QED) is 0.558. The Balaban J connectivity index is 2.04. The smallest absolute Gasteiger partial charge is 0.235 e. The molecule has 0 fully saturated rings. The van der Waals surface area contributed by atoms with Crippen LogP contribution in [0.1, 0.15) is 10.8 Å². The standard InChI is InChI=1S/C16H12BrN3OS/c17-11-6-7-13-12(8-11)16(20-9-19-13)22-14(15(18)21)10-4-2-1-3-5-10/h1-9,14H,(H2,18,21)/t14-/m1/s1. The Morgan fingerprint density at radius 2 is 1.91 bits per heavy atom. The summed E-state index contributed by atoms with van der Waals surface area (Å²) in [5.41, 5.74) is 7.27. The number of primary amides is 1. The number of aromatic nitrogens is 2. The molecule has 6 heteroatoms. The molecule has 0 bridgehead atoms. The Hall–Kier alpha value is -1.92. The third-order valence-electron chi connectivity index (χ3n) is 3.15. The number of hydrogen-bond donors (Lipinski definition) is 1. The lowest BCUT2D eigenvalue weighted by atomic mass is 10.1. The summed E-state index contributed by atoms with van der Waals surface area (Å²) in [6, 6.07) is 15.2. The molecule has 0 saturated carbocycles. The number of halogens is 1. The minimum absolute atomic E-state index is 0.391. The number of rotatable bonds is 4. The average Bonchev–Trinajstić information content (AvgIpc) is 2.53. The molecule has 0 aliphatic rings. The van der Waals surface area contributed by atoms with Gasteiger partial charge in [0, 0.05) is 9.86 Å². The molecule has 1 atom stereocenters. The van der Waals surface area contributed by atoms with Crippen LogP contribution in [-0.4, -0.2) is 15.9 Å². The summed E-state index contributed by atoms with van der Waals surface area (Å²) in [7, 11) is 0. The lowest BCUT2D eigenvalue weighted by molar-refractivity contribution is -0.117. The molecule has 2 N–H and O–H groups in total. The Bertz CT molecular complexity index is 826. The molecule has 3 rings (SSSR count). The van der Waals surface area contributed by atoms with Gasteiger partial charge >= 0.3 is 0 Å². The van der Waals surface area contributed by atoms with E-state index in [1.807, 2.05) is 48.5 Å². The van der Waals surface area contributed by atoms with Crippen LogP contribution >= 0.6 is 27.7 Å². The van der Waals surface area contributed by atoms with E-state index in [1.54, 1.807) is 0 Å². The van der Waals surface area contributed by atoms with Gasteiger partial charge < -0.3 is 5.73 Å². The second-order valence-electron chi connectivity index (χ2n) is 4.65. The highest BCUT2D eigenvalue weighted by atomic mass is 79.9. The summed E-state index contributed by atoms with van der Waals surface area (Å²) in [6.07, 6.45) is 1.50. The van der Waals surface area contributed by atoms with E-state index in [0.29, 0.717) is 0 Å². The Labute approximate surface area is 140 Å². The Morgan fingerprint density at radius 3 is 2.64 bits per heavy atom. The van der Waals surface area contributed by atoms with Gasteiger partial charge in [0.2, 0.25) is 5.91 Å². The van der Waals surface area contributed by atoms with Gasteiger partial charge in [0.1, 0.15) is 16.6 Å². The van der Waals surface area contributed by atoms with Crippen LogP contribution in [0.4, 0.5) is 0 Å². The van der Waals surface area contributed by atoms with Crippen LogP contribution in [0, 0.1) is 0 Å². The van der Waals surface area contributed by atoms with Crippen LogP contribution in [-0.2, 0) is 4.79 Å². The zero-order valence-corrected chi connectivity index (χ0v) is 13.8. The van der Waals surface area contributed by atoms with Crippen molar-refractivity contribution in [2.75, 3.05) is 0 Å². The van der Waals surface area contributed by atoms with E-state index in [9.17, 15) is 4.79 Å². The Morgan fingerprint density at radius 1 is 1.14 bits per heavy atom. The zero-order chi connectivity index (χ0) is 15.5. The summed E-state index contributed by atoms with van der Waals surface area (Å²) < 4.78 is 0.937. The largest absolute Gasteiger partial charge is 0.368 e. The van der Waals surface area contributed by atoms with Crippen LogP contribution in [0.2, 0.25) is 0 Å². The predicted octanol–water partition coefficient (Wildman–Crippen LogP) is 3.71. The first-order valence-corrected chi connectivity index (χ1v) is 8.23. The van der Waals surface area contributed by atoms with E-state index in [-0.39, 0.29) is 0 Å². The van der Waals surface area contributed by atoms with Gasteiger partial charge in [-0.05, 0) is 23.8 Å². The Kier molecular flexibility index (Phi) is 4.40. The maximum absolute atomic E-state index is 11.9. The van der Waals surface area contributed by atoms with E-state index >= 15 is 0 Å². The first kappa shape index (κ1) is 15.0. The fraction of sp³-hybridized carbons (Fsp3) is 0.0625. The highest BCUT2D eigenvalue weighted by Gasteiger charge is 2.21. The van der Waals surface area contributed by atoms with Crippen molar-refractivity contribution >= 4 is 44.5 Å². The second kappa shape index (κ2) is 6.46. The second-order valence-corrected chi connectivity index (χ2v) is 6.66. The summed E-state index contributed by atoms with van der Waals surface area (Å²) in [4.78, 5) is 20.4. The normalized spacial score (nSPS) is 12.2. The van der Waals surface area contributed by atoms with E-state index < -0.39 is 11.2 Å². The van der Waals surface area contributed by atoms with Crippen molar-refractivity contribution < 1.29 is 4.79 Å². The van der Waals surface area contributed by atoms with Gasteiger partial charge in [-0.15, -0.1) is 0 Å². The molecule has 110 valence electrons. The predicted molar refractivity (Wildman–Crippen MR) is 91.5 cm³/mol. The first-order chi connectivity index (χ1) is 10.6. The molecule has 0 spiro atoms. The van der Waals surface area contributed by atoms with E-state index in [4.69, 9.17) is 5.73 Å². The van der Waals surface area contributed by atoms with Gasteiger partial charge in [-0.2, -0.15) is 0 Å². The summed E-state index contributed by atoms with van der Waals surface area (Å²) in [5.74, 6) is -0.391.